The van der Waals surface area contributed by atoms with E-state index in [0.29, 0.717) is 29.4 Å². The van der Waals surface area contributed by atoms with Crippen molar-refractivity contribution in [2.45, 2.75) is 19.5 Å². The van der Waals surface area contributed by atoms with Crippen LogP contribution in [0.3, 0.4) is 0 Å². The molecule has 1 N–H and O–H groups in total. The standard InChI is InChI=1S/C25H22ClNO6/c1-3-32-17-9-10-20(26)19(13-17)23(28)21-22(15-6-4-7-16(12-15)31-2)27(25(30)24(21)29)14-18-8-5-11-33-18/h4-13,22,28H,3,14H2,1-2H3/b23-21+. The Bertz CT molecular complexity index is 1220. The number of amides is 1. The molecule has 1 aliphatic heterocycles. The van der Waals surface area contributed by atoms with Crippen LogP contribution in [0.15, 0.2) is 70.9 Å². The first kappa shape index (κ1) is 22.5. The monoisotopic (exact) mass is 467 g/mol. The number of carbonyl (C=O) groups is 2. The van der Waals surface area contributed by atoms with Crippen molar-refractivity contribution in [1.82, 2.24) is 4.90 Å². The molecule has 2 heterocycles. The Morgan fingerprint density at radius 2 is 1.94 bits per heavy atom. The van der Waals surface area contributed by atoms with E-state index < -0.39 is 17.7 Å². The van der Waals surface area contributed by atoms with Gasteiger partial charge in [-0.25, -0.2) is 0 Å². The number of carbonyl (C=O) groups excluding carboxylic acids is 2. The molecule has 1 amide bonds. The number of nitrogens with zero attached hydrogens (tertiary/aromatic N) is 1. The molecule has 2 aromatic carbocycles. The zero-order chi connectivity index (χ0) is 23.5. The Hall–Kier alpha value is -3.71. The zero-order valence-corrected chi connectivity index (χ0v) is 18.8. The van der Waals surface area contributed by atoms with Crippen LogP contribution in [0, 0.1) is 0 Å². The van der Waals surface area contributed by atoms with Crippen molar-refractivity contribution in [3.05, 3.63) is 88.3 Å². The van der Waals surface area contributed by atoms with Gasteiger partial charge in [0.25, 0.3) is 11.7 Å². The fraction of sp³-hybridized carbons (Fsp3) is 0.200. The minimum Gasteiger partial charge on any atom is -0.507 e. The van der Waals surface area contributed by atoms with Gasteiger partial charge in [-0.2, -0.15) is 0 Å². The van der Waals surface area contributed by atoms with Crippen molar-refractivity contribution in [3.8, 4) is 11.5 Å². The number of ketones is 1. The Morgan fingerprint density at radius 1 is 1.12 bits per heavy atom. The summed E-state index contributed by atoms with van der Waals surface area (Å²) in [4.78, 5) is 27.6. The maximum atomic E-state index is 13.2. The fourth-order valence-corrected chi connectivity index (χ4v) is 4.07. The van der Waals surface area contributed by atoms with E-state index >= 15 is 0 Å². The van der Waals surface area contributed by atoms with Crippen LogP contribution in [0.5, 0.6) is 11.5 Å². The van der Waals surface area contributed by atoms with Crippen molar-refractivity contribution >= 4 is 29.1 Å². The lowest BCUT2D eigenvalue weighted by atomic mass is 9.95. The van der Waals surface area contributed by atoms with Gasteiger partial charge >= 0.3 is 0 Å². The highest BCUT2D eigenvalue weighted by molar-refractivity contribution is 6.47. The Labute approximate surface area is 195 Å². The van der Waals surface area contributed by atoms with Crippen molar-refractivity contribution in [1.29, 1.82) is 0 Å². The number of aliphatic hydroxyl groups is 1. The predicted molar refractivity (Wildman–Crippen MR) is 122 cm³/mol. The molecular weight excluding hydrogens is 446 g/mol. The highest BCUT2D eigenvalue weighted by Gasteiger charge is 2.46. The van der Waals surface area contributed by atoms with Crippen molar-refractivity contribution in [3.63, 3.8) is 0 Å². The molecule has 8 heteroatoms. The third-order valence-electron chi connectivity index (χ3n) is 5.36. The molecule has 0 radical (unpaired) electrons. The average Bonchev–Trinajstić information content (AvgIpc) is 3.42. The van der Waals surface area contributed by atoms with Crippen LogP contribution in [0.2, 0.25) is 5.02 Å². The Kier molecular flexibility index (Phi) is 6.42. The number of likely N-dealkylation sites (tertiary alicyclic amines) is 1. The molecule has 1 aliphatic rings. The van der Waals surface area contributed by atoms with Crippen molar-refractivity contribution < 1.29 is 28.6 Å². The molecule has 1 saturated heterocycles. The summed E-state index contributed by atoms with van der Waals surface area (Å²) in [5.41, 5.74) is 0.723. The molecule has 0 saturated carbocycles. The quantitative estimate of drug-likeness (QED) is 0.300. The van der Waals surface area contributed by atoms with E-state index in [9.17, 15) is 14.7 Å². The number of halogens is 1. The SMILES string of the molecule is CCOc1ccc(Cl)c(/C(O)=C2\C(=O)C(=O)N(Cc3ccco3)C2c2cccc(OC)c2)c1. The topological polar surface area (TPSA) is 89.2 Å². The van der Waals surface area contributed by atoms with Gasteiger partial charge in [0, 0.05) is 5.56 Å². The zero-order valence-electron chi connectivity index (χ0n) is 18.1. The van der Waals surface area contributed by atoms with E-state index in [0.717, 1.165) is 0 Å². The third kappa shape index (κ3) is 4.32. The van der Waals surface area contributed by atoms with Crippen LogP contribution in [-0.2, 0) is 16.1 Å². The first-order valence-electron chi connectivity index (χ1n) is 10.3. The summed E-state index contributed by atoms with van der Waals surface area (Å²) in [7, 11) is 1.53. The van der Waals surface area contributed by atoms with Gasteiger partial charge in [-0.3, -0.25) is 9.59 Å². The summed E-state index contributed by atoms with van der Waals surface area (Å²) in [5, 5.41) is 11.5. The van der Waals surface area contributed by atoms with Crippen LogP contribution in [-0.4, -0.2) is 35.4 Å². The van der Waals surface area contributed by atoms with Crippen LogP contribution in [0.25, 0.3) is 5.76 Å². The smallest absolute Gasteiger partial charge is 0.296 e. The largest absolute Gasteiger partial charge is 0.507 e. The molecular formula is C25H22ClNO6. The van der Waals surface area contributed by atoms with Gasteiger partial charge in [0.05, 0.1) is 43.2 Å². The summed E-state index contributed by atoms with van der Waals surface area (Å²) in [6.45, 7) is 2.29. The van der Waals surface area contributed by atoms with Crippen LogP contribution < -0.4 is 9.47 Å². The minimum absolute atomic E-state index is 0.0446. The molecule has 0 bridgehead atoms. The number of furan rings is 1. The summed E-state index contributed by atoms with van der Waals surface area (Å²) in [5.74, 6) is -0.419. The number of hydrogen-bond donors (Lipinski definition) is 1. The molecule has 1 fully saturated rings. The number of benzene rings is 2. The second-order valence-electron chi connectivity index (χ2n) is 7.36. The molecule has 0 spiro atoms. The lowest BCUT2D eigenvalue weighted by Crippen LogP contribution is -2.29. The molecule has 170 valence electrons. The minimum atomic E-state index is -0.878. The Morgan fingerprint density at radius 3 is 2.64 bits per heavy atom. The van der Waals surface area contributed by atoms with E-state index in [4.69, 9.17) is 25.5 Å². The molecule has 1 unspecified atom stereocenters. The van der Waals surface area contributed by atoms with E-state index in [-0.39, 0.29) is 28.5 Å². The van der Waals surface area contributed by atoms with E-state index in [2.05, 4.69) is 0 Å². The van der Waals surface area contributed by atoms with Gasteiger partial charge < -0.3 is 23.9 Å². The predicted octanol–water partition coefficient (Wildman–Crippen LogP) is 4.96. The maximum absolute atomic E-state index is 13.2. The average molecular weight is 468 g/mol. The normalized spacial score (nSPS) is 17.4. The van der Waals surface area contributed by atoms with Gasteiger partial charge in [-0.1, -0.05) is 23.7 Å². The lowest BCUT2D eigenvalue weighted by molar-refractivity contribution is -0.140. The number of methoxy groups -OCH3 is 1. The molecule has 1 aromatic heterocycles. The summed E-state index contributed by atoms with van der Waals surface area (Å²) in [6, 6.07) is 14.3. The highest BCUT2D eigenvalue weighted by atomic mass is 35.5. The molecule has 7 nitrogen and oxygen atoms in total. The molecule has 1 atom stereocenters. The van der Waals surface area contributed by atoms with Crippen molar-refractivity contribution in [2.75, 3.05) is 13.7 Å². The summed E-state index contributed by atoms with van der Waals surface area (Å²) < 4.78 is 16.2. The van der Waals surface area contributed by atoms with E-state index in [1.165, 1.54) is 18.3 Å². The first-order chi connectivity index (χ1) is 15.9. The number of ether oxygens (including phenoxy) is 2. The second kappa shape index (κ2) is 9.42. The second-order valence-corrected chi connectivity index (χ2v) is 7.76. The number of Topliss-reactive ketones (excluding diaryl/α,β-unsaturated/α-hetero) is 1. The first-order valence-corrected chi connectivity index (χ1v) is 10.7. The fourth-order valence-electron chi connectivity index (χ4n) is 3.86. The van der Waals surface area contributed by atoms with Crippen LogP contribution in [0.4, 0.5) is 0 Å². The highest BCUT2D eigenvalue weighted by Crippen LogP contribution is 2.42. The lowest BCUT2D eigenvalue weighted by Gasteiger charge is -2.25. The van der Waals surface area contributed by atoms with Crippen molar-refractivity contribution in [2.24, 2.45) is 0 Å². The molecule has 0 aliphatic carbocycles. The Balaban J connectivity index is 1.90. The van der Waals surface area contributed by atoms with E-state index in [1.807, 2.05) is 6.92 Å². The van der Waals surface area contributed by atoms with Gasteiger partial charge in [0.1, 0.15) is 23.0 Å². The maximum Gasteiger partial charge on any atom is 0.296 e. The van der Waals surface area contributed by atoms with E-state index in [1.54, 1.807) is 54.6 Å². The molecule has 3 aromatic rings. The number of hydrogen-bond acceptors (Lipinski definition) is 6. The molecule has 4 rings (SSSR count). The third-order valence-corrected chi connectivity index (χ3v) is 5.69. The number of rotatable bonds is 7. The van der Waals surface area contributed by atoms with Gasteiger partial charge in [0.2, 0.25) is 0 Å². The van der Waals surface area contributed by atoms with Crippen LogP contribution in [0.1, 0.15) is 29.9 Å². The number of aliphatic hydroxyl groups excluding tert-OH is 1. The van der Waals surface area contributed by atoms with Gasteiger partial charge in [-0.15, -0.1) is 0 Å². The summed E-state index contributed by atoms with van der Waals surface area (Å²) in [6.07, 6.45) is 1.49. The summed E-state index contributed by atoms with van der Waals surface area (Å²) >= 11 is 6.35. The van der Waals surface area contributed by atoms with Gasteiger partial charge in [0.15, 0.2) is 0 Å². The van der Waals surface area contributed by atoms with Crippen LogP contribution >= 0.6 is 11.6 Å². The van der Waals surface area contributed by atoms with Gasteiger partial charge in [-0.05, 0) is 55.0 Å². The molecule has 33 heavy (non-hydrogen) atoms.